The molecule has 0 spiro atoms. The lowest BCUT2D eigenvalue weighted by Crippen LogP contribution is -2.30. The molecular weight excluding hydrogens is 254 g/mol. The Hall–Kier alpha value is -0.410. The van der Waals surface area contributed by atoms with Gasteiger partial charge in [0.1, 0.15) is 0 Å². The molecule has 1 rings (SSSR count). The van der Waals surface area contributed by atoms with Crippen molar-refractivity contribution in [3.8, 4) is 0 Å². The summed E-state index contributed by atoms with van der Waals surface area (Å²) in [5.74, 6) is 0.995. The summed E-state index contributed by atoms with van der Waals surface area (Å²) in [6, 6.07) is 5.25. The van der Waals surface area contributed by atoms with Crippen LogP contribution < -0.4 is 4.73 Å². The van der Waals surface area contributed by atoms with Crippen LogP contribution in [0.3, 0.4) is 0 Å². The minimum absolute atomic E-state index is 0.248. The van der Waals surface area contributed by atoms with Crippen molar-refractivity contribution in [2.75, 3.05) is 5.75 Å². The molecule has 4 heteroatoms. The van der Waals surface area contributed by atoms with Crippen molar-refractivity contribution >= 4 is 23.4 Å². The summed E-state index contributed by atoms with van der Waals surface area (Å²) in [6.07, 6.45) is 7.68. The minimum Gasteiger partial charge on any atom is -0.617 e. The topological polar surface area (TPSA) is 26.9 Å². The smallest absolute Gasteiger partial charge is 0.287 e. The lowest BCUT2D eigenvalue weighted by molar-refractivity contribution is -0.643. The molecule has 0 saturated carbocycles. The van der Waals surface area contributed by atoms with E-state index >= 15 is 0 Å². The number of thioether (sulfide) groups is 1. The van der Waals surface area contributed by atoms with E-state index in [0.29, 0.717) is 5.03 Å². The molecule has 0 aliphatic rings. The van der Waals surface area contributed by atoms with E-state index < -0.39 is 0 Å². The zero-order chi connectivity index (χ0) is 12.5. The van der Waals surface area contributed by atoms with Gasteiger partial charge >= 0.3 is 0 Å². The Bertz CT molecular complexity index is 333. The summed E-state index contributed by atoms with van der Waals surface area (Å²) in [5, 5.41) is 12.5. The molecule has 1 aromatic heterocycles. The molecule has 0 aliphatic heterocycles. The van der Waals surface area contributed by atoms with Gasteiger partial charge in [-0.25, -0.2) is 0 Å². The summed E-state index contributed by atoms with van der Waals surface area (Å²) < 4.78 is 0.795. The first kappa shape index (κ1) is 14.7. The molecule has 0 saturated heterocycles. The molecule has 2 nitrogen and oxygen atoms in total. The molecule has 1 aromatic rings. The molecule has 0 N–H and O–H groups in total. The van der Waals surface area contributed by atoms with E-state index in [0.717, 1.165) is 10.5 Å². The molecule has 0 atom stereocenters. The number of hydrogen-bond acceptors (Lipinski definition) is 2. The largest absolute Gasteiger partial charge is 0.617 e. The second-order valence-corrected chi connectivity index (χ2v) is 5.60. The summed E-state index contributed by atoms with van der Waals surface area (Å²) >= 11 is 7.34. The highest BCUT2D eigenvalue weighted by atomic mass is 35.5. The number of aromatic nitrogens is 1. The molecule has 0 aromatic carbocycles. The van der Waals surface area contributed by atoms with Gasteiger partial charge in [0, 0.05) is 17.9 Å². The summed E-state index contributed by atoms with van der Waals surface area (Å²) in [6.45, 7) is 2.22. The maximum atomic E-state index is 11.5. The summed E-state index contributed by atoms with van der Waals surface area (Å²) in [7, 11) is 0. The van der Waals surface area contributed by atoms with Crippen LogP contribution in [-0.2, 0) is 0 Å². The van der Waals surface area contributed by atoms with Crippen molar-refractivity contribution in [3.63, 3.8) is 0 Å². The normalized spacial score (nSPS) is 10.7. The molecule has 96 valence electrons. The molecular formula is C13H20ClNOS. The standard InChI is InChI=1S/C13H20ClNOS/c1-2-3-4-5-6-7-11-17-13-10-8-9-12(14)15(13)16/h8-10H,2-7,11H2,1H3. The van der Waals surface area contributed by atoms with E-state index in [1.54, 1.807) is 17.8 Å². The van der Waals surface area contributed by atoms with Crippen molar-refractivity contribution in [2.24, 2.45) is 0 Å². The Morgan fingerprint density at radius 1 is 1.18 bits per heavy atom. The van der Waals surface area contributed by atoms with Crippen molar-refractivity contribution in [1.29, 1.82) is 0 Å². The Labute approximate surface area is 113 Å². The van der Waals surface area contributed by atoms with E-state index in [9.17, 15) is 5.21 Å². The highest BCUT2D eigenvalue weighted by Crippen LogP contribution is 2.18. The monoisotopic (exact) mass is 273 g/mol. The number of hydrogen-bond donors (Lipinski definition) is 0. The highest BCUT2D eigenvalue weighted by molar-refractivity contribution is 7.99. The van der Waals surface area contributed by atoms with Gasteiger partial charge in [0.05, 0.1) is 0 Å². The SMILES string of the molecule is CCCCCCCCSc1cccc(Cl)[n+]1[O-]. The number of pyridine rings is 1. The van der Waals surface area contributed by atoms with E-state index in [1.807, 2.05) is 12.1 Å². The van der Waals surface area contributed by atoms with E-state index in [-0.39, 0.29) is 5.15 Å². The third-order valence-corrected chi connectivity index (χ3v) is 3.98. The Balaban J connectivity index is 2.16. The Morgan fingerprint density at radius 2 is 1.88 bits per heavy atom. The average Bonchev–Trinajstić information content (AvgIpc) is 2.33. The van der Waals surface area contributed by atoms with Gasteiger partial charge in [0.2, 0.25) is 0 Å². The van der Waals surface area contributed by atoms with Gasteiger partial charge in [-0.05, 0) is 24.1 Å². The first-order chi connectivity index (χ1) is 8.25. The molecule has 0 amide bonds. The molecule has 0 aliphatic carbocycles. The third kappa shape index (κ3) is 5.64. The lowest BCUT2D eigenvalue weighted by Gasteiger charge is -2.04. The highest BCUT2D eigenvalue weighted by Gasteiger charge is 2.08. The van der Waals surface area contributed by atoms with Crippen LogP contribution in [0.4, 0.5) is 0 Å². The van der Waals surface area contributed by atoms with Crippen LogP contribution in [0, 0.1) is 5.21 Å². The van der Waals surface area contributed by atoms with Gasteiger partial charge in [0.15, 0.2) is 0 Å². The first-order valence-corrected chi connectivity index (χ1v) is 7.63. The molecule has 17 heavy (non-hydrogen) atoms. The fourth-order valence-electron chi connectivity index (χ4n) is 1.62. The summed E-state index contributed by atoms with van der Waals surface area (Å²) in [5.41, 5.74) is 0. The zero-order valence-electron chi connectivity index (χ0n) is 10.3. The van der Waals surface area contributed by atoms with Gasteiger partial charge in [-0.15, -0.1) is 4.73 Å². The zero-order valence-corrected chi connectivity index (χ0v) is 11.9. The number of rotatable bonds is 8. The van der Waals surface area contributed by atoms with E-state index in [2.05, 4.69) is 6.92 Å². The fourth-order valence-corrected chi connectivity index (χ4v) is 2.78. The number of nitrogens with zero attached hydrogens (tertiary/aromatic N) is 1. The molecule has 0 fully saturated rings. The molecule has 0 unspecified atom stereocenters. The number of unbranched alkanes of at least 4 members (excludes halogenated alkanes) is 5. The Kier molecular flexibility index (Phi) is 7.45. The van der Waals surface area contributed by atoms with Crippen LogP contribution in [0.5, 0.6) is 0 Å². The van der Waals surface area contributed by atoms with Gasteiger partial charge in [0.25, 0.3) is 10.2 Å². The van der Waals surface area contributed by atoms with Gasteiger partial charge in [-0.1, -0.05) is 50.8 Å². The maximum Gasteiger partial charge on any atom is 0.287 e. The van der Waals surface area contributed by atoms with Crippen molar-refractivity contribution in [1.82, 2.24) is 0 Å². The second-order valence-electron chi connectivity index (χ2n) is 4.10. The molecule has 1 heterocycles. The predicted molar refractivity (Wildman–Crippen MR) is 74.5 cm³/mol. The van der Waals surface area contributed by atoms with Crippen LogP contribution >= 0.6 is 23.4 Å². The quantitative estimate of drug-likeness (QED) is 0.230. The van der Waals surface area contributed by atoms with Crippen molar-refractivity contribution < 1.29 is 4.73 Å². The minimum atomic E-state index is 0.248. The van der Waals surface area contributed by atoms with Crippen LogP contribution in [0.25, 0.3) is 0 Å². The summed E-state index contributed by atoms with van der Waals surface area (Å²) in [4.78, 5) is 0. The molecule has 0 bridgehead atoms. The average molecular weight is 274 g/mol. The predicted octanol–water partition coefficient (Wildman–Crippen LogP) is 4.43. The fraction of sp³-hybridized carbons (Fsp3) is 0.615. The van der Waals surface area contributed by atoms with Crippen LogP contribution in [0.1, 0.15) is 45.4 Å². The van der Waals surface area contributed by atoms with Crippen LogP contribution in [0.15, 0.2) is 23.2 Å². The number of halogens is 1. The third-order valence-electron chi connectivity index (χ3n) is 2.61. The van der Waals surface area contributed by atoms with Gasteiger partial charge < -0.3 is 5.21 Å². The van der Waals surface area contributed by atoms with Gasteiger partial charge in [-0.3, -0.25) is 0 Å². The lowest BCUT2D eigenvalue weighted by atomic mass is 10.1. The van der Waals surface area contributed by atoms with Crippen LogP contribution in [-0.4, -0.2) is 5.75 Å². The van der Waals surface area contributed by atoms with Crippen LogP contribution in [0.2, 0.25) is 5.15 Å². The Morgan fingerprint density at radius 3 is 2.65 bits per heavy atom. The van der Waals surface area contributed by atoms with Crippen molar-refractivity contribution in [2.45, 2.75) is 50.5 Å². The first-order valence-electron chi connectivity index (χ1n) is 6.26. The second kappa shape index (κ2) is 8.65. The van der Waals surface area contributed by atoms with E-state index in [4.69, 9.17) is 11.6 Å². The van der Waals surface area contributed by atoms with E-state index in [1.165, 1.54) is 38.5 Å². The van der Waals surface area contributed by atoms with Gasteiger partial charge in [-0.2, -0.15) is 0 Å². The maximum absolute atomic E-state index is 11.5. The van der Waals surface area contributed by atoms with Crippen molar-refractivity contribution in [3.05, 3.63) is 28.6 Å². The molecule has 0 radical (unpaired) electrons.